The number of alkyl halides is 6. The zero-order valence-corrected chi connectivity index (χ0v) is 16.3. The van der Waals surface area contributed by atoms with E-state index < -0.39 is 62.6 Å². The highest BCUT2D eigenvalue weighted by Crippen LogP contribution is 2.39. The SMILES string of the molecule is O=c1c(S(=O)(=O)C(F)(F)F)c(-c2ccccc2)oc2cccc(S(=O)(=O)C(F)(F)F)c12. The van der Waals surface area contributed by atoms with Crippen LogP contribution < -0.4 is 5.43 Å². The lowest BCUT2D eigenvalue weighted by atomic mass is 10.1. The Morgan fingerprint density at radius 2 is 1.26 bits per heavy atom. The summed E-state index contributed by atoms with van der Waals surface area (Å²) in [7, 11) is -12.7. The molecule has 0 saturated carbocycles. The molecule has 0 bridgehead atoms. The number of halogens is 6. The molecule has 1 aromatic heterocycles. The molecule has 1 heterocycles. The number of fused-ring (bicyclic) bond motifs is 1. The Kier molecular flexibility index (Phi) is 5.21. The van der Waals surface area contributed by atoms with Gasteiger partial charge in [0.15, 0.2) is 10.7 Å². The maximum Gasteiger partial charge on any atom is 0.502 e. The molecule has 0 radical (unpaired) electrons. The number of hydrogen-bond donors (Lipinski definition) is 0. The van der Waals surface area contributed by atoms with Crippen molar-refractivity contribution in [3.05, 3.63) is 58.8 Å². The predicted octanol–water partition coefficient (Wildman–Crippen LogP) is 4.05. The third kappa shape index (κ3) is 3.59. The minimum Gasteiger partial charge on any atom is -0.454 e. The molecule has 0 amide bonds. The summed E-state index contributed by atoms with van der Waals surface area (Å²) in [5.41, 5.74) is -15.2. The molecular weight excluding hydrogens is 478 g/mol. The summed E-state index contributed by atoms with van der Waals surface area (Å²) in [6.07, 6.45) is 0. The molecule has 6 nitrogen and oxygen atoms in total. The van der Waals surface area contributed by atoms with Crippen LogP contribution in [-0.2, 0) is 19.7 Å². The van der Waals surface area contributed by atoms with E-state index in [0.29, 0.717) is 6.07 Å². The molecule has 0 saturated heterocycles. The van der Waals surface area contributed by atoms with Crippen molar-refractivity contribution in [2.24, 2.45) is 0 Å². The summed E-state index contributed by atoms with van der Waals surface area (Å²) >= 11 is 0. The second kappa shape index (κ2) is 7.09. The molecule has 3 rings (SSSR count). The summed E-state index contributed by atoms with van der Waals surface area (Å²) < 4.78 is 132. The zero-order valence-electron chi connectivity index (χ0n) is 14.7. The Morgan fingerprint density at radius 3 is 1.77 bits per heavy atom. The van der Waals surface area contributed by atoms with Crippen LogP contribution in [0.1, 0.15) is 0 Å². The van der Waals surface area contributed by atoms with Gasteiger partial charge in [-0.25, -0.2) is 16.8 Å². The molecule has 31 heavy (non-hydrogen) atoms. The van der Waals surface area contributed by atoms with E-state index in [-0.39, 0.29) is 5.56 Å². The maximum absolute atomic E-state index is 13.3. The quantitative estimate of drug-likeness (QED) is 0.518. The summed E-state index contributed by atoms with van der Waals surface area (Å²) in [5, 5.41) is -1.47. The number of sulfone groups is 2. The lowest BCUT2D eigenvalue weighted by Crippen LogP contribution is -2.30. The predicted molar refractivity (Wildman–Crippen MR) is 94.4 cm³/mol. The highest BCUT2D eigenvalue weighted by molar-refractivity contribution is 7.92. The molecule has 0 aliphatic heterocycles. The first kappa shape index (κ1) is 22.8. The van der Waals surface area contributed by atoms with E-state index >= 15 is 0 Å². The Bertz CT molecular complexity index is 1440. The van der Waals surface area contributed by atoms with Crippen LogP contribution in [0.5, 0.6) is 0 Å². The first-order chi connectivity index (χ1) is 14.1. The Balaban J connectivity index is 2.61. The van der Waals surface area contributed by atoms with Crippen LogP contribution >= 0.6 is 0 Å². The van der Waals surface area contributed by atoms with Gasteiger partial charge in [0.05, 0.1) is 10.3 Å². The highest BCUT2D eigenvalue weighted by atomic mass is 32.2. The van der Waals surface area contributed by atoms with Gasteiger partial charge in [0, 0.05) is 5.56 Å². The molecule has 0 spiro atoms. The van der Waals surface area contributed by atoms with Crippen molar-refractivity contribution < 1.29 is 47.6 Å². The van der Waals surface area contributed by atoms with E-state index in [4.69, 9.17) is 4.42 Å². The van der Waals surface area contributed by atoms with E-state index in [1.807, 2.05) is 0 Å². The molecular formula is C17H8F6O6S2. The summed E-state index contributed by atoms with van der Waals surface area (Å²) in [6.45, 7) is 0. The van der Waals surface area contributed by atoms with Crippen LogP contribution in [0, 0.1) is 0 Å². The molecule has 3 aromatic rings. The lowest BCUT2D eigenvalue weighted by Gasteiger charge is -2.15. The van der Waals surface area contributed by atoms with Crippen molar-refractivity contribution >= 4 is 30.6 Å². The fourth-order valence-electron chi connectivity index (χ4n) is 2.68. The van der Waals surface area contributed by atoms with Gasteiger partial charge < -0.3 is 4.42 Å². The van der Waals surface area contributed by atoms with Crippen molar-refractivity contribution in [3.8, 4) is 11.3 Å². The normalized spacial score (nSPS) is 13.5. The second-order valence-corrected chi connectivity index (χ2v) is 9.77. The first-order valence-electron chi connectivity index (χ1n) is 7.88. The molecule has 2 aromatic carbocycles. The zero-order chi connectivity index (χ0) is 23.4. The van der Waals surface area contributed by atoms with Gasteiger partial charge >= 0.3 is 11.0 Å². The summed E-state index contributed by atoms with van der Waals surface area (Å²) in [6, 6.07) is 8.04. The van der Waals surface area contributed by atoms with E-state index in [0.717, 1.165) is 24.3 Å². The van der Waals surface area contributed by atoms with Gasteiger partial charge in [-0.2, -0.15) is 26.3 Å². The van der Waals surface area contributed by atoms with Gasteiger partial charge in [0.25, 0.3) is 19.7 Å². The molecule has 14 heteroatoms. The van der Waals surface area contributed by atoms with E-state index in [1.165, 1.54) is 18.2 Å². The highest BCUT2D eigenvalue weighted by Gasteiger charge is 2.52. The topological polar surface area (TPSA) is 98.5 Å². The molecule has 0 unspecified atom stereocenters. The van der Waals surface area contributed by atoms with Crippen LogP contribution in [0.3, 0.4) is 0 Å². The Hall–Kier alpha value is -2.87. The number of rotatable bonds is 3. The minimum atomic E-state index is -6.46. The van der Waals surface area contributed by atoms with Crippen molar-refractivity contribution in [2.75, 3.05) is 0 Å². The van der Waals surface area contributed by atoms with Crippen molar-refractivity contribution in [1.29, 1.82) is 0 Å². The third-order valence-corrected chi connectivity index (χ3v) is 7.09. The molecule has 0 fully saturated rings. The van der Waals surface area contributed by atoms with Crippen LogP contribution in [0.2, 0.25) is 0 Å². The van der Waals surface area contributed by atoms with E-state index in [2.05, 4.69) is 0 Å². The Morgan fingerprint density at radius 1 is 0.710 bits per heavy atom. The van der Waals surface area contributed by atoms with Crippen LogP contribution in [0.4, 0.5) is 26.3 Å². The van der Waals surface area contributed by atoms with Crippen LogP contribution in [0.15, 0.2) is 67.5 Å². The van der Waals surface area contributed by atoms with Crippen LogP contribution in [-0.4, -0.2) is 27.9 Å². The molecule has 0 aliphatic rings. The largest absolute Gasteiger partial charge is 0.502 e. The average molecular weight is 486 g/mol. The second-order valence-electron chi connectivity index (χ2n) is 5.98. The first-order valence-corrected chi connectivity index (χ1v) is 10.9. The minimum absolute atomic E-state index is 0.312. The van der Waals surface area contributed by atoms with Gasteiger partial charge in [-0.15, -0.1) is 0 Å². The van der Waals surface area contributed by atoms with E-state index in [9.17, 15) is 48.0 Å². The third-order valence-electron chi connectivity index (χ3n) is 4.04. The maximum atomic E-state index is 13.3. The van der Waals surface area contributed by atoms with Crippen LogP contribution in [0.25, 0.3) is 22.3 Å². The van der Waals surface area contributed by atoms with Crippen molar-refractivity contribution in [1.82, 2.24) is 0 Å². The fraction of sp³-hybridized carbons (Fsp3) is 0.118. The average Bonchev–Trinajstić information content (AvgIpc) is 2.66. The van der Waals surface area contributed by atoms with Gasteiger partial charge in [-0.3, -0.25) is 4.79 Å². The standard InChI is InChI=1S/C17H8F6O6S2/c18-16(19,20)30(25,26)11-8-4-7-10-12(11)13(24)15(31(27,28)17(21,22)23)14(29-10)9-5-2-1-3-6-9/h1-8H. The van der Waals surface area contributed by atoms with Crippen molar-refractivity contribution in [2.45, 2.75) is 20.8 Å². The van der Waals surface area contributed by atoms with Gasteiger partial charge in [0.2, 0.25) is 5.43 Å². The Labute approximate surface area is 169 Å². The molecule has 0 aliphatic carbocycles. The summed E-state index contributed by atoms with van der Waals surface area (Å²) in [4.78, 5) is 9.08. The molecule has 0 atom stereocenters. The van der Waals surface area contributed by atoms with Crippen molar-refractivity contribution in [3.63, 3.8) is 0 Å². The van der Waals surface area contributed by atoms with Gasteiger partial charge in [0.1, 0.15) is 5.58 Å². The monoisotopic (exact) mass is 486 g/mol. The smallest absolute Gasteiger partial charge is 0.454 e. The molecule has 166 valence electrons. The summed E-state index contributed by atoms with van der Waals surface area (Å²) in [5.74, 6) is -1.10. The van der Waals surface area contributed by atoms with E-state index in [1.54, 1.807) is 0 Å². The lowest BCUT2D eigenvalue weighted by molar-refractivity contribution is -0.0443. The fourth-order valence-corrected chi connectivity index (χ4v) is 4.63. The molecule has 0 N–H and O–H groups in total. The van der Waals surface area contributed by atoms with Gasteiger partial charge in [-0.05, 0) is 12.1 Å². The number of hydrogen-bond acceptors (Lipinski definition) is 6. The number of benzene rings is 2. The van der Waals surface area contributed by atoms with Gasteiger partial charge in [-0.1, -0.05) is 36.4 Å².